The topological polar surface area (TPSA) is 69.9 Å². The monoisotopic (exact) mass is 312 g/mol. The summed E-state index contributed by atoms with van der Waals surface area (Å²) in [5, 5.41) is 6.09. The quantitative estimate of drug-likeness (QED) is 0.512. The summed E-state index contributed by atoms with van der Waals surface area (Å²) >= 11 is 0. The van der Waals surface area contributed by atoms with E-state index in [-0.39, 0.29) is 5.91 Å². The van der Waals surface area contributed by atoms with Gasteiger partial charge >= 0.3 is 0 Å². The van der Waals surface area contributed by atoms with Crippen LogP contribution in [0.2, 0.25) is 0 Å². The number of para-hydroxylation sites is 1. The van der Waals surface area contributed by atoms with Crippen LogP contribution in [0.15, 0.2) is 52.1 Å². The molecule has 0 spiro atoms. The summed E-state index contributed by atoms with van der Waals surface area (Å²) in [6, 6.07) is 11.7. The Labute approximate surface area is 135 Å². The summed E-state index contributed by atoms with van der Waals surface area (Å²) in [4.78, 5) is 18.3. The highest BCUT2D eigenvalue weighted by atomic mass is 16.3. The molecule has 0 bridgehead atoms. The number of fused-ring (bicyclic) bond motifs is 1. The van der Waals surface area contributed by atoms with Crippen LogP contribution in [0.3, 0.4) is 0 Å². The van der Waals surface area contributed by atoms with Crippen LogP contribution in [0.5, 0.6) is 0 Å². The third-order valence-corrected chi connectivity index (χ3v) is 3.79. The number of hydrogen-bond donors (Lipinski definition) is 2. The first-order valence-electron chi connectivity index (χ1n) is 7.67. The zero-order chi connectivity index (χ0) is 16.1. The predicted octanol–water partition coefficient (Wildman–Crippen LogP) is 1.65. The van der Waals surface area contributed by atoms with Crippen LogP contribution in [0.4, 0.5) is 5.69 Å². The van der Waals surface area contributed by atoms with Gasteiger partial charge in [0.1, 0.15) is 0 Å². The van der Waals surface area contributed by atoms with E-state index in [2.05, 4.69) is 38.7 Å². The first kappa shape index (κ1) is 15.1. The SMILES string of the molecule is CN=C(NCCNC(=O)c1ccco1)N1CCc2ccccc21. The van der Waals surface area contributed by atoms with E-state index in [0.717, 1.165) is 18.9 Å². The Kier molecular flexibility index (Phi) is 4.61. The van der Waals surface area contributed by atoms with E-state index in [1.807, 2.05) is 6.07 Å². The molecule has 1 amide bonds. The van der Waals surface area contributed by atoms with Crippen LogP contribution in [-0.2, 0) is 6.42 Å². The Morgan fingerprint density at radius 3 is 2.83 bits per heavy atom. The molecule has 0 saturated carbocycles. The lowest BCUT2D eigenvalue weighted by molar-refractivity contribution is 0.0926. The summed E-state index contributed by atoms with van der Waals surface area (Å²) in [7, 11) is 1.77. The first-order valence-corrected chi connectivity index (χ1v) is 7.67. The summed E-state index contributed by atoms with van der Waals surface area (Å²) < 4.78 is 5.05. The average Bonchev–Trinajstić information content (AvgIpc) is 3.25. The number of carbonyl (C=O) groups is 1. The molecule has 1 aromatic carbocycles. The summed E-state index contributed by atoms with van der Waals surface area (Å²) in [6.45, 7) is 2.00. The third kappa shape index (κ3) is 3.36. The smallest absolute Gasteiger partial charge is 0.287 e. The van der Waals surface area contributed by atoms with Gasteiger partial charge in [0.15, 0.2) is 11.7 Å². The van der Waals surface area contributed by atoms with Crippen LogP contribution in [-0.4, -0.2) is 38.5 Å². The molecule has 0 atom stereocenters. The Morgan fingerprint density at radius 2 is 2.04 bits per heavy atom. The summed E-state index contributed by atoms with van der Waals surface area (Å²) in [6.07, 6.45) is 2.51. The molecule has 120 valence electrons. The zero-order valence-corrected chi connectivity index (χ0v) is 13.1. The van der Waals surface area contributed by atoms with E-state index in [4.69, 9.17) is 4.42 Å². The van der Waals surface area contributed by atoms with Crippen LogP contribution < -0.4 is 15.5 Å². The standard InChI is InChI=1S/C17H20N4O2/c1-18-17(21-11-8-13-5-2-3-6-14(13)21)20-10-9-19-16(22)15-7-4-12-23-15/h2-7,12H,8-11H2,1H3,(H,18,20)(H,19,22). The largest absolute Gasteiger partial charge is 0.459 e. The molecule has 1 aromatic heterocycles. The molecular formula is C17H20N4O2. The van der Waals surface area contributed by atoms with Crippen molar-refractivity contribution in [3.63, 3.8) is 0 Å². The average molecular weight is 312 g/mol. The van der Waals surface area contributed by atoms with Crippen molar-refractivity contribution in [3.05, 3.63) is 54.0 Å². The molecule has 3 rings (SSSR count). The first-order chi connectivity index (χ1) is 11.3. The predicted molar refractivity (Wildman–Crippen MR) is 89.9 cm³/mol. The number of anilines is 1. The van der Waals surface area contributed by atoms with Gasteiger partial charge in [0, 0.05) is 32.4 Å². The lowest BCUT2D eigenvalue weighted by Crippen LogP contribution is -2.43. The number of hydrogen-bond acceptors (Lipinski definition) is 3. The van der Waals surface area contributed by atoms with Crippen LogP contribution in [0, 0.1) is 0 Å². The molecule has 1 aliphatic heterocycles. The highest BCUT2D eigenvalue weighted by Crippen LogP contribution is 2.27. The Hall–Kier alpha value is -2.76. The molecule has 0 saturated heterocycles. The van der Waals surface area contributed by atoms with Crippen LogP contribution in [0.25, 0.3) is 0 Å². The minimum atomic E-state index is -0.210. The minimum Gasteiger partial charge on any atom is -0.459 e. The molecule has 0 unspecified atom stereocenters. The van der Waals surface area contributed by atoms with Crippen molar-refractivity contribution in [2.75, 3.05) is 31.6 Å². The number of carbonyl (C=O) groups excluding carboxylic acids is 1. The van der Waals surface area contributed by atoms with Gasteiger partial charge in [-0.05, 0) is 30.2 Å². The van der Waals surface area contributed by atoms with Crippen molar-refractivity contribution >= 4 is 17.6 Å². The molecule has 0 aliphatic carbocycles. The molecule has 6 heteroatoms. The summed E-state index contributed by atoms with van der Waals surface area (Å²) in [5.74, 6) is 0.934. The minimum absolute atomic E-state index is 0.210. The number of rotatable bonds is 4. The molecule has 0 radical (unpaired) electrons. The number of guanidine groups is 1. The Bertz CT molecular complexity index is 694. The molecular weight excluding hydrogens is 292 g/mol. The van der Waals surface area contributed by atoms with Crippen molar-refractivity contribution in [1.82, 2.24) is 10.6 Å². The molecule has 0 fully saturated rings. The maximum atomic E-state index is 11.8. The van der Waals surface area contributed by atoms with E-state index in [9.17, 15) is 4.79 Å². The number of nitrogens with zero attached hydrogens (tertiary/aromatic N) is 2. The van der Waals surface area contributed by atoms with Gasteiger partial charge in [0.25, 0.3) is 5.91 Å². The highest BCUT2D eigenvalue weighted by Gasteiger charge is 2.22. The van der Waals surface area contributed by atoms with Crippen molar-refractivity contribution in [3.8, 4) is 0 Å². The van der Waals surface area contributed by atoms with Gasteiger partial charge in [-0.2, -0.15) is 0 Å². The number of nitrogens with one attached hydrogen (secondary N) is 2. The maximum Gasteiger partial charge on any atom is 0.287 e. The maximum absolute atomic E-state index is 11.8. The van der Waals surface area contributed by atoms with Crippen LogP contribution in [0.1, 0.15) is 16.1 Å². The van der Waals surface area contributed by atoms with Gasteiger partial charge in [-0.3, -0.25) is 9.79 Å². The molecule has 2 heterocycles. The van der Waals surface area contributed by atoms with Crippen LogP contribution >= 0.6 is 0 Å². The molecule has 1 aliphatic rings. The van der Waals surface area contributed by atoms with Gasteiger partial charge < -0.3 is 20.0 Å². The molecule has 2 aromatic rings. The second kappa shape index (κ2) is 7.00. The highest BCUT2D eigenvalue weighted by molar-refractivity contribution is 5.98. The molecule has 6 nitrogen and oxygen atoms in total. The Morgan fingerprint density at radius 1 is 1.22 bits per heavy atom. The summed E-state index contributed by atoms with van der Waals surface area (Å²) in [5.41, 5.74) is 2.53. The fourth-order valence-corrected chi connectivity index (χ4v) is 2.70. The normalized spacial score (nSPS) is 13.8. The molecule has 23 heavy (non-hydrogen) atoms. The zero-order valence-electron chi connectivity index (χ0n) is 13.1. The van der Waals surface area contributed by atoms with Gasteiger partial charge in [-0.15, -0.1) is 0 Å². The number of benzene rings is 1. The van der Waals surface area contributed by atoms with E-state index in [1.54, 1.807) is 19.2 Å². The fraction of sp³-hybridized carbons (Fsp3) is 0.294. The van der Waals surface area contributed by atoms with Gasteiger partial charge in [-0.1, -0.05) is 18.2 Å². The fourth-order valence-electron chi connectivity index (χ4n) is 2.70. The van der Waals surface area contributed by atoms with Crippen molar-refractivity contribution in [2.45, 2.75) is 6.42 Å². The van der Waals surface area contributed by atoms with Gasteiger partial charge in [-0.25, -0.2) is 0 Å². The molecule has 2 N–H and O–H groups in total. The van der Waals surface area contributed by atoms with E-state index in [1.165, 1.54) is 17.5 Å². The number of amides is 1. The van der Waals surface area contributed by atoms with E-state index < -0.39 is 0 Å². The van der Waals surface area contributed by atoms with Crippen molar-refractivity contribution in [1.29, 1.82) is 0 Å². The van der Waals surface area contributed by atoms with E-state index >= 15 is 0 Å². The lowest BCUT2D eigenvalue weighted by atomic mass is 10.2. The second-order valence-electron chi connectivity index (χ2n) is 5.24. The van der Waals surface area contributed by atoms with Gasteiger partial charge in [0.05, 0.1) is 6.26 Å². The second-order valence-corrected chi connectivity index (χ2v) is 5.24. The number of aliphatic imine (C=N–C) groups is 1. The van der Waals surface area contributed by atoms with Crippen molar-refractivity contribution in [2.24, 2.45) is 4.99 Å². The van der Waals surface area contributed by atoms with Crippen molar-refractivity contribution < 1.29 is 9.21 Å². The van der Waals surface area contributed by atoms with E-state index in [0.29, 0.717) is 18.8 Å². The Balaban J connectivity index is 1.50. The third-order valence-electron chi connectivity index (χ3n) is 3.79. The van der Waals surface area contributed by atoms with Gasteiger partial charge in [0.2, 0.25) is 0 Å². The lowest BCUT2D eigenvalue weighted by Gasteiger charge is -2.22. The number of furan rings is 1.